The van der Waals surface area contributed by atoms with Gasteiger partial charge in [-0.05, 0) is 44.5 Å². The fourth-order valence-corrected chi connectivity index (χ4v) is 2.39. The lowest BCUT2D eigenvalue weighted by atomic mass is 9.94. The number of nitrogens with one attached hydrogen (secondary N) is 1. The van der Waals surface area contributed by atoms with E-state index < -0.39 is 5.97 Å². The summed E-state index contributed by atoms with van der Waals surface area (Å²) in [4.78, 5) is 11.2. The van der Waals surface area contributed by atoms with Crippen LogP contribution in [0.3, 0.4) is 0 Å². The van der Waals surface area contributed by atoms with Crippen LogP contribution in [-0.4, -0.2) is 30.3 Å². The second kappa shape index (κ2) is 5.93. The Morgan fingerprint density at radius 1 is 1.58 bits per heavy atom. The van der Waals surface area contributed by atoms with E-state index in [0.29, 0.717) is 17.4 Å². The van der Waals surface area contributed by atoms with E-state index in [1.54, 1.807) is 12.1 Å². The monoisotopic (exact) mass is 264 g/mol. The highest BCUT2D eigenvalue weighted by molar-refractivity contribution is 5.92. The fourth-order valence-electron chi connectivity index (χ4n) is 2.39. The molecule has 1 fully saturated rings. The molecule has 0 radical (unpaired) electrons. The SMILES string of the molecule is CC(Oc1ccc(N)cc1C(=O)O)C1CCCNC1. The van der Waals surface area contributed by atoms with Crippen LogP contribution >= 0.6 is 0 Å². The van der Waals surface area contributed by atoms with Gasteiger partial charge in [0.1, 0.15) is 11.3 Å². The number of anilines is 1. The van der Waals surface area contributed by atoms with Gasteiger partial charge in [0.25, 0.3) is 0 Å². The number of carboxylic acid groups (broad SMARTS) is 1. The van der Waals surface area contributed by atoms with Crippen molar-refractivity contribution < 1.29 is 14.6 Å². The standard InChI is InChI=1S/C14H20N2O3/c1-9(10-3-2-6-16-8-10)19-13-5-4-11(15)7-12(13)14(17)18/h4-5,7,9-10,16H,2-3,6,8,15H2,1H3,(H,17,18). The highest BCUT2D eigenvalue weighted by Gasteiger charge is 2.23. The summed E-state index contributed by atoms with van der Waals surface area (Å²) in [6.07, 6.45) is 2.21. The number of carbonyl (C=O) groups is 1. The van der Waals surface area contributed by atoms with Crippen LogP contribution in [-0.2, 0) is 0 Å². The van der Waals surface area contributed by atoms with Crippen molar-refractivity contribution in [2.45, 2.75) is 25.9 Å². The zero-order chi connectivity index (χ0) is 13.8. The zero-order valence-electron chi connectivity index (χ0n) is 11.1. The average Bonchev–Trinajstić information content (AvgIpc) is 2.41. The molecule has 1 heterocycles. The van der Waals surface area contributed by atoms with Crippen molar-refractivity contribution in [1.82, 2.24) is 5.32 Å². The molecule has 2 unspecified atom stereocenters. The molecular weight excluding hydrogens is 244 g/mol. The Hall–Kier alpha value is -1.75. The third-order valence-corrected chi connectivity index (χ3v) is 3.55. The van der Waals surface area contributed by atoms with Crippen LogP contribution in [0.15, 0.2) is 18.2 Å². The molecule has 5 heteroatoms. The lowest BCUT2D eigenvalue weighted by molar-refractivity contribution is 0.0683. The van der Waals surface area contributed by atoms with Crippen molar-refractivity contribution in [3.8, 4) is 5.75 Å². The lowest BCUT2D eigenvalue weighted by Crippen LogP contribution is -2.38. The maximum atomic E-state index is 11.2. The van der Waals surface area contributed by atoms with Gasteiger partial charge < -0.3 is 20.9 Å². The van der Waals surface area contributed by atoms with Crippen LogP contribution in [0.5, 0.6) is 5.75 Å². The number of carboxylic acids is 1. The highest BCUT2D eigenvalue weighted by atomic mass is 16.5. The maximum absolute atomic E-state index is 11.2. The van der Waals surface area contributed by atoms with Gasteiger partial charge in [-0.15, -0.1) is 0 Å². The van der Waals surface area contributed by atoms with E-state index in [2.05, 4.69) is 5.32 Å². The van der Waals surface area contributed by atoms with Crippen molar-refractivity contribution in [3.63, 3.8) is 0 Å². The van der Waals surface area contributed by atoms with E-state index in [-0.39, 0.29) is 11.7 Å². The molecule has 0 amide bonds. The molecule has 0 bridgehead atoms. The fraction of sp³-hybridized carbons (Fsp3) is 0.500. The molecule has 5 nitrogen and oxygen atoms in total. The number of ether oxygens (including phenoxy) is 1. The summed E-state index contributed by atoms with van der Waals surface area (Å²) in [5.74, 6) is -0.219. The molecule has 0 aromatic heterocycles. The van der Waals surface area contributed by atoms with E-state index in [0.717, 1.165) is 25.9 Å². The third kappa shape index (κ3) is 3.38. The molecule has 2 atom stereocenters. The number of rotatable bonds is 4. The maximum Gasteiger partial charge on any atom is 0.339 e. The summed E-state index contributed by atoms with van der Waals surface area (Å²) in [5, 5.41) is 12.5. The smallest absolute Gasteiger partial charge is 0.339 e. The third-order valence-electron chi connectivity index (χ3n) is 3.55. The van der Waals surface area contributed by atoms with Gasteiger partial charge in [-0.2, -0.15) is 0 Å². The van der Waals surface area contributed by atoms with Gasteiger partial charge >= 0.3 is 5.97 Å². The van der Waals surface area contributed by atoms with Crippen LogP contribution in [0.2, 0.25) is 0 Å². The number of benzene rings is 1. The molecule has 1 saturated heterocycles. The minimum Gasteiger partial charge on any atom is -0.489 e. The van der Waals surface area contributed by atoms with E-state index in [9.17, 15) is 4.79 Å². The summed E-state index contributed by atoms with van der Waals surface area (Å²) < 4.78 is 5.82. The molecule has 1 aliphatic heterocycles. The normalized spacial score (nSPS) is 20.8. The Morgan fingerprint density at radius 2 is 2.37 bits per heavy atom. The van der Waals surface area contributed by atoms with E-state index in [1.165, 1.54) is 6.07 Å². The van der Waals surface area contributed by atoms with Crippen molar-refractivity contribution in [3.05, 3.63) is 23.8 Å². The lowest BCUT2D eigenvalue weighted by Gasteiger charge is -2.29. The molecule has 2 rings (SSSR count). The predicted octanol–water partition coefficient (Wildman–Crippen LogP) is 1.73. The summed E-state index contributed by atoms with van der Waals surface area (Å²) >= 11 is 0. The van der Waals surface area contributed by atoms with E-state index in [1.807, 2.05) is 6.92 Å². The van der Waals surface area contributed by atoms with Crippen molar-refractivity contribution in [2.75, 3.05) is 18.8 Å². The van der Waals surface area contributed by atoms with Crippen LogP contribution in [0, 0.1) is 5.92 Å². The molecule has 1 aromatic rings. The Morgan fingerprint density at radius 3 is 3.00 bits per heavy atom. The predicted molar refractivity (Wildman–Crippen MR) is 73.5 cm³/mol. The summed E-state index contributed by atoms with van der Waals surface area (Å²) in [7, 11) is 0. The van der Waals surface area contributed by atoms with Crippen molar-refractivity contribution in [1.29, 1.82) is 0 Å². The minimum absolute atomic E-state index is 0.0190. The number of aromatic carboxylic acids is 1. The number of hydrogen-bond acceptors (Lipinski definition) is 4. The van der Waals surface area contributed by atoms with Gasteiger partial charge in [0.05, 0.1) is 6.10 Å². The first-order valence-electron chi connectivity index (χ1n) is 6.58. The van der Waals surface area contributed by atoms with Crippen LogP contribution in [0.1, 0.15) is 30.1 Å². The summed E-state index contributed by atoms with van der Waals surface area (Å²) in [5.41, 5.74) is 6.16. The van der Waals surface area contributed by atoms with Gasteiger partial charge in [0.15, 0.2) is 0 Å². The second-order valence-electron chi connectivity index (χ2n) is 4.99. The Bertz CT molecular complexity index is 456. The summed E-state index contributed by atoms with van der Waals surface area (Å²) in [6, 6.07) is 4.72. The first-order chi connectivity index (χ1) is 9.08. The number of piperidine rings is 1. The average molecular weight is 264 g/mol. The molecule has 0 saturated carbocycles. The molecule has 104 valence electrons. The Balaban J connectivity index is 2.11. The van der Waals surface area contributed by atoms with Gasteiger partial charge in [-0.1, -0.05) is 0 Å². The quantitative estimate of drug-likeness (QED) is 0.721. The first kappa shape index (κ1) is 13.7. The number of hydrogen-bond donors (Lipinski definition) is 3. The molecule has 1 aliphatic rings. The van der Waals surface area contributed by atoms with Gasteiger partial charge in [0, 0.05) is 18.2 Å². The molecule has 0 aliphatic carbocycles. The van der Waals surface area contributed by atoms with Gasteiger partial charge in [0.2, 0.25) is 0 Å². The molecular formula is C14H20N2O3. The second-order valence-corrected chi connectivity index (χ2v) is 4.99. The van der Waals surface area contributed by atoms with Crippen LogP contribution in [0.25, 0.3) is 0 Å². The summed E-state index contributed by atoms with van der Waals surface area (Å²) in [6.45, 7) is 3.95. The number of nitrogens with two attached hydrogens (primary N) is 1. The number of nitrogen functional groups attached to an aromatic ring is 1. The Kier molecular flexibility index (Phi) is 4.27. The molecule has 19 heavy (non-hydrogen) atoms. The zero-order valence-corrected chi connectivity index (χ0v) is 11.1. The molecule has 4 N–H and O–H groups in total. The van der Waals surface area contributed by atoms with E-state index >= 15 is 0 Å². The topological polar surface area (TPSA) is 84.6 Å². The highest BCUT2D eigenvalue weighted by Crippen LogP contribution is 2.25. The first-order valence-corrected chi connectivity index (χ1v) is 6.58. The van der Waals surface area contributed by atoms with Crippen LogP contribution < -0.4 is 15.8 Å². The van der Waals surface area contributed by atoms with Crippen molar-refractivity contribution in [2.24, 2.45) is 5.92 Å². The molecule has 0 spiro atoms. The minimum atomic E-state index is -1.02. The van der Waals surface area contributed by atoms with Crippen LogP contribution in [0.4, 0.5) is 5.69 Å². The van der Waals surface area contributed by atoms with Gasteiger partial charge in [-0.25, -0.2) is 4.79 Å². The largest absolute Gasteiger partial charge is 0.489 e. The van der Waals surface area contributed by atoms with Gasteiger partial charge in [-0.3, -0.25) is 0 Å². The Labute approximate surface area is 112 Å². The molecule has 1 aromatic carbocycles. The van der Waals surface area contributed by atoms with Crippen molar-refractivity contribution >= 4 is 11.7 Å². The van der Waals surface area contributed by atoms with E-state index in [4.69, 9.17) is 15.6 Å².